The highest BCUT2D eigenvalue weighted by Crippen LogP contribution is 2.32. The third-order valence-corrected chi connectivity index (χ3v) is 6.82. The Kier molecular flexibility index (Phi) is 5.34. The Morgan fingerprint density at radius 2 is 2.06 bits per heavy atom. The summed E-state index contributed by atoms with van der Waals surface area (Å²) in [7, 11) is 1.83. The van der Waals surface area contributed by atoms with Crippen molar-refractivity contribution in [3.8, 4) is 11.5 Å². The van der Waals surface area contributed by atoms with Gasteiger partial charge in [-0.3, -0.25) is 4.79 Å². The first-order chi connectivity index (χ1) is 15.5. The first-order valence-corrected chi connectivity index (χ1v) is 11.3. The fourth-order valence-corrected chi connectivity index (χ4v) is 5.25. The van der Waals surface area contributed by atoms with Crippen LogP contribution in [0.25, 0.3) is 21.7 Å². The molecule has 4 aromatic rings. The molecule has 1 aliphatic carbocycles. The van der Waals surface area contributed by atoms with Gasteiger partial charge in [0.15, 0.2) is 11.0 Å². The number of carbonyl (C=O) groups is 1. The molecule has 9 heteroatoms. The number of nitrogens with zero attached hydrogens (tertiary/aromatic N) is 4. The molecule has 164 valence electrons. The van der Waals surface area contributed by atoms with Crippen LogP contribution in [-0.2, 0) is 0 Å². The molecule has 1 saturated carbocycles. The molecule has 0 unspecified atom stereocenters. The van der Waals surface area contributed by atoms with Gasteiger partial charge in [-0.05, 0) is 56.5 Å². The molecule has 1 aliphatic rings. The van der Waals surface area contributed by atoms with Crippen LogP contribution in [0.2, 0.25) is 0 Å². The number of hydrogen-bond donors (Lipinski definition) is 1. The van der Waals surface area contributed by atoms with E-state index in [0.717, 1.165) is 34.6 Å². The third-order valence-electron chi connectivity index (χ3n) is 5.87. The first-order valence-electron chi connectivity index (χ1n) is 10.5. The van der Waals surface area contributed by atoms with Crippen molar-refractivity contribution in [3.63, 3.8) is 0 Å². The maximum atomic E-state index is 13.5. The van der Waals surface area contributed by atoms with E-state index in [2.05, 4.69) is 20.4 Å². The molecule has 2 heterocycles. The highest BCUT2D eigenvalue weighted by atomic mass is 32.1. The highest BCUT2D eigenvalue weighted by molar-refractivity contribution is 7.22. The number of rotatable bonds is 5. The van der Waals surface area contributed by atoms with E-state index in [-0.39, 0.29) is 23.8 Å². The zero-order valence-corrected chi connectivity index (χ0v) is 18.5. The van der Waals surface area contributed by atoms with Crippen LogP contribution in [0.5, 0.6) is 0 Å². The largest absolute Gasteiger partial charge is 0.357 e. The van der Waals surface area contributed by atoms with Crippen molar-refractivity contribution in [2.45, 2.75) is 38.3 Å². The highest BCUT2D eigenvalue weighted by Gasteiger charge is 2.34. The normalized spacial score (nSPS) is 18.2. The monoisotopic (exact) mass is 451 g/mol. The molecule has 0 aliphatic heterocycles. The number of aryl methyl sites for hydroxylation is 1. The lowest BCUT2D eigenvalue weighted by Gasteiger charge is -2.30. The van der Waals surface area contributed by atoms with Gasteiger partial charge in [0.05, 0.1) is 27.4 Å². The lowest BCUT2D eigenvalue weighted by molar-refractivity contribution is 0.0728. The van der Waals surface area contributed by atoms with Crippen molar-refractivity contribution in [2.75, 3.05) is 12.4 Å². The van der Waals surface area contributed by atoms with Crippen LogP contribution in [0.4, 0.5) is 9.52 Å². The van der Waals surface area contributed by atoms with E-state index in [9.17, 15) is 9.18 Å². The Morgan fingerprint density at radius 3 is 2.88 bits per heavy atom. The van der Waals surface area contributed by atoms with Gasteiger partial charge in [0.25, 0.3) is 11.8 Å². The van der Waals surface area contributed by atoms with E-state index < -0.39 is 0 Å². The van der Waals surface area contributed by atoms with E-state index in [1.165, 1.54) is 23.5 Å². The molecule has 0 saturated heterocycles. The van der Waals surface area contributed by atoms with Gasteiger partial charge in [-0.25, -0.2) is 9.37 Å². The number of anilines is 1. The second-order valence-corrected chi connectivity index (χ2v) is 9.02. The summed E-state index contributed by atoms with van der Waals surface area (Å²) in [5, 5.41) is 8.08. The SMILES string of the molecule is Cc1noc(-c2ccccc2C(=O)N(C)[C@H]2CCC[C@H]2Nc2nc3ccc(F)cc3s2)n1. The summed E-state index contributed by atoms with van der Waals surface area (Å²) < 4.78 is 19.6. The van der Waals surface area contributed by atoms with E-state index in [1.54, 1.807) is 24.0 Å². The van der Waals surface area contributed by atoms with Crippen molar-refractivity contribution >= 4 is 32.6 Å². The van der Waals surface area contributed by atoms with Crippen LogP contribution in [0, 0.1) is 12.7 Å². The average molecular weight is 452 g/mol. The number of likely N-dealkylation sites (N-methyl/N-ethyl adjacent to an activating group) is 1. The van der Waals surface area contributed by atoms with Gasteiger partial charge in [-0.1, -0.05) is 28.6 Å². The molecular weight excluding hydrogens is 429 g/mol. The predicted molar refractivity (Wildman–Crippen MR) is 121 cm³/mol. The van der Waals surface area contributed by atoms with Gasteiger partial charge in [-0.15, -0.1) is 0 Å². The first kappa shape index (κ1) is 20.6. The smallest absolute Gasteiger partial charge is 0.258 e. The number of hydrogen-bond acceptors (Lipinski definition) is 7. The summed E-state index contributed by atoms with van der Waals surface area (Å²) in [6, 6.07) is 11.9. The molecule has 2 aromatic heterocycles. The molecule has 7 nitrogen and oxygen atoms in total. The minimum absolute atomic E-state index is 0.00345. The quantitative estimate of drug-likeness (QED) is 0.465. The molecule has 0 radical (unpaired) electrons. The lowest BCUT2D eigenvalue weighted by atomic mass is 10.0. The number of benzene rings is 2. The lowest BCUT2D eigenvalue weighted by Crippen LogP contribution is -2.44. The van der Waals surface area contributed by atoms with Crippen LogP contribution in [0.1, 0.15) is 35.4 Å². The van der Waals surface area contributed by atoms with Crippen molar-refractivity contribution < 1.29 is 13.7 Å². The Balaban J connectivity index is 1.37. The predicted octanol–water partition coefficient (Wildman–Crippen LogP) is 4.90. The second-order valence-electron chi connectivity index (χ2n) is 7.99. The summed E-state index contributed by atoms with van der Waals surface area (Å²) in [4.78, 5) is 24.1. The zero-order valence-electron chi connectivity index (χ0n) is 17.7. The Morgan fingerprint density at radius 1 is 1.22 bits per heavy atom. The Labute approximate surface area is 188 Å². The van der Waals surface area contributed by atoms with Crippen molar-refractivity contribution in [1.29, 1.82) is 0 Å². The maximum absolute atomic E-state index is 13.5. The molecule has 5 rings (SSSR count). The van der Waals surface area contributed by atoms with Gasteiger partial charge >= 0.3 is 0 Å². The van der Waals surface area contributed by atoms with E-state index in [0.29, 0.717) is 22.8 Å². The van der Waals surface area contributed by atoms with Crippen molar-refractivity contribution in [2.24, 2.45) is 0 Å². The fourth-order valence-electron chi connectivity index (χ4n) is 4.29. The van der Waals surface area contributed by atoms with Gasteiger partial charge in [0.1, 0.15) is 5.82 Å². The van der Waals surface area contributed by atoms with Crippen molar-refractivity contribution in [3.05, 3.63) is 59.7 Å². The summed E-state index contributed by atoms with van der Waals surface area (Å²) in [5.41, 5.74) is 1.92. The van der Waals surface area contributed by atoms with Crippen molar-refractivity contribution in [1.82, 2.24) is 20.0 Å². The maximum Gasteiger partial charge on any atom is 0.258 e. The number of halogens is 1. The van der Waals surface area contributed by atoms with Crippen LogP contribution >= 0.6 is 11.3 Å². The number of aromatic nitrogens is 3. The van der Waals surface area contributed by atoms with E-state index >= 15 is 0 Å². The van der Waals surface area contributed by atoms with Gasteiger partial charge < -0.3 is 14.7 Å². The third kappa shape index (κ3) is 3.84. The fraction of sp³-hybridized carbons (Fsp3) is 0.304. The number of fused-ring (bicyclic) bond motifs is 1. The molecule has 2 aromatic carbocycles. The molecule has 1 fully saturated rings. The molecule has 2 atom stereocenters. The van der Waals surface area contributed by atoms with Crippen LogP contribution in [0.15, 0.2) is 47.0 Å². The zero-order chi connectivity index (χ0) is 22.2. The standard InChI is InChI=1S/C23H22FN5O2S/c1-13-25-21(31-28-13)15-6-3-4-7-16(15)22(30)29(2)19-9-5-8-17(19)26-23-27-18-11-10-14(24)12-20(18)32-23/h3-4,6-7,10-12,17,19H,5,8-9H2,1-2H3,(H,26,27)/t17-,19+/m1/s1. The minimum atomic E-state index is -0.271. The molecule has 1 N–H and O–H groups in total. The topological polar surface area (TPSA) is 84.2 Å². The number of nitrogens with one attached hydrogen (secondary N) is 1. The molecule has 0 spiro atoms. The molecular formula is C23H22FN5O2S. The van der Waals surface area contributed by atoms with Crippen LogP contribution in [-0.4, -0.2) is 45.1 Å². The second kappa shape index (κ2) is 8.31. The van der Waals surface area contributed by atoms with Crippen LogP contribution in [0.3, 0.4) is 0 Å². The van der Waals surface area contributed by atoms with Gasteiger partial charge in [-0.2, -0.15) is 4.98 Å². The molecule has 1 amide bonds. The summed E-state index contributed by atoms with van der Waals surface area (Å²) >= 11 is 1.43. The summed E-state index contributed by atoms with van der Waals surface area (Å²) in [5.74, 6) is 0.488. The average Bonchev–Trinajstić information content (AvgIpc) is 3.52. The number of carbonyl (C=O) groups excluding carboxylic acids is 1. The van der Waals surface area contributed by atoms with Gasteiger partial charge in [0.2, 0.25) is 0 Å². The number of thiazole rings is 1. The Bertz CT molecular complexity index is 1290. The molecule has 0 bridgehead atoms. The molecule has 32 heavy (non-hydrogen) atoms. The number of amides is 1. The van der Waals surface area contributed by atoms with E-state index in [4.69, 9.17) is 4.52 Å². The summed E-state index contributed by atoms with van der Waals surface area (Å²) in [6.07, 6.45) is 2.82. The van der Waals surface area contributed by atoms with E-state index in [1.807, 2.05) is 25.2 Å². The van der Waals surface area contributed by atoms with Gasteiger partial charge in [0, 0.05) is 13.1 Å². The Hall–Kier alpha value is -3.33. The summed E-state index contributed by atoms with van der Waals surface area (Å²) in [6.45, 7) is 1.74. The van der Waals surface area contributed by atoms with Crippen LogP contribution < -0.4 is 5.32 Å². The minimum Gasteiger partial charge on any atom is -0.357 e.